The molecule has 6 aromatic rings. The molecule has 0 fully saturated rings. The molecule has 2 amide bonds. The third kappa shape index (κ3) is 6.51. The second-order valence-corrected chi connectivity index (χ2v) is 12.6. The number of thioether (sulfide) groups is 2. The Bertz CT molecular complexity index is 1830. The number of carbonyl (C=O) groups is 2. The number of nitrogens with zero attached hydrogens (tertiary/aromatic N) is 6. The monoisotopic (exact) mass is 626 g/mol. The van der Waals surface area contributed by atoms with Crippen molar-refractivity contribution >= 4 is 68.4 Å². The van der Waals surface area contributed by atoms with Crippen LogP contribution in [0.2, 0.25) is 0 Å². The van der Waals surface area contributed by atoms with Gasteiger partial charge in [0.15, 0.2) is 21.6 Å². The number of aromatic nitrogens is 6. The molecule has 0 bridgehead atoms. The van der Waals surface area contributed by atoms with Gasteiger partial charge in [-0.3, -0.25) is 18.4 Å². The van der Waals surface area contributed by atoms with Gasteiger partial charge in [-0.1, -0.05) is 72.8 Å². The van der Waals surface area contributed by atoms with Crippen molar-refractivity contribution in [3.63, 3.8) is 0 Å². The molecule has 0 radical (unpaired) electrons. The van der Waals surface area contributed by atoms with Crippen LogP contribution in [0, 0.1) is 13.8 Å². The molecule has 0 atom stereocenters. The third-order valence-electron chi connectivity index (χ3n) is 7.56. The van der Waals surface area contributed by atoms with E-state index in [1.165, 1.54) is 23.5 Å². The molecule has 4 heterocycles. The highest BCUT2D eigenvalue weighted by molar-refractivity contribution is 8.00. The van der Waals surface area contributed by atoms with Gasteiger partial charge in [0.05, 0.1) is 22.5 Å². The molecule has 2 aromatic carbocycles. The van der Waals surface area contributed by atoms with Crippen molar-refractivity contribution in [2.75, 3.05) is 24.6 Å². The van der Waals surface area contributed by atoms with Crippen LogP contribution in [0.25, 0.3) is 33.1 Å². The fraction of sp³-hybridized carbons (Fsp3) is 0.312. The van der Waals surface area contributed by atoms with Crippen molar-refractivity contribution in [2.45, 2.75) is 49.8 Å². The first-order valence-electron chi connectivity index (χ1n) is 14.8. The molecule has 0 unspecified atom stereocenters. The van der Waals surface area contributed by atoms with Crippen LogP contribution < -0.4 is 10.6 Å². The van der Waals surface area contributed by atoms with Crippen LogP contribution in [0.5, 0.6) is 0 Å². The predicted molar refractivity (Wildman–Crippen MR) is 176 cm³/mol. The first-order chi connectivity index (χ1) is 21.5. The topological polar surface area (TPSA) is 119 Å². The minimum absolute atomic E-state index is 0.0171. The maximum absolute atomic E-state index is 12.5. The number of benzene rings is 2. The maximum Gasteiger partial charge on any atom is 0.230 e. The summed E-state index contributed by atoms with van der Waals surface area (Å²) in [5, 5.41) is 27.0. The number of pyridine rings is 2. The molecule has 44 heavy (non-hydrogen) atoms. The van der Waals surface area contributed by atoms with E-state index in [4.69, 9.17) is 0 Å². The van der Waals surface area contributed by atoms with Gasteiger partial charge in [-0.15, -0.1) is 20.4 Å². The number of unbranched alkanes of at least 4 members (excludes halogenated alkanes) is 3. The van der Waals surface area contributed by atoms with Crippen molar-refractivity contribution < 1.29 is 9.59 Å². The average molecular weight is 627 g/mol. The zero-order valence-electron chi connectivity index (χ0n) is 24.7. The number of carbonyl (C=O) groups excluding carboxylic acids is 2. The highest BCUT2D eigenvalue weighted by Gasteiger charge is 2.14. The van der Waals surface area contributed by atoms with E-state index in [1.807, 2.05) is 45.2 Å². The number of amides is 2. The Labute approximate surface area is 263 Å². The Morgan fingerprint density at radius 2 is 1.07 bits per heavy atom. The summed E-state index contributed by atoms with van der Waals surface area (Å²) in [6.45, 7) is 5.40. The summed E-state index contributed by atoms with van der Waals surface area (Å²) in [5.74, 6) is 0.536. The molecule has 4 aromatic heterocycles. The highest BCUT2D eigenvalue weighted by Crippen LogP contribution is 2.27. The Morgan fingerprint density at radius 3 is 1.52 bits per heavy atom. The Hall–Kier alpha value is -4.16. The summed E-state index contributed by atoms with van der Waals surface area (Å²) < 4.78 is 4.02. The van der Waals surface area contributed by atoms with E-state index in [1.54, 1.807) is 0 Å². The molecule has 0 spiro atoms. The van der Waals surface area contributed by atoms with E-state index in [0.717, 1.165) is 69.9 Å². The fourth-order valence-electron chi connectivity index (χ4n) is 5.36. The summed E-state index contributed by atoms with van der Waals surface area (Å²) in [4.78, 5) is 24.9. The summed E-state index contributed by atoms with van der Waals surface area (Å²) >= 11 is 2.79. The summed E-state index contributed by atoms with van der Waals surface area (Å²) in [6.07, 6.45) is 3.75. The van der Waals surface area contributed by atoms with Gasteiger partial charge in [-0.05, 0) is 62.1 Å². The largest absolute Gasteiger partial charge is 0.355 e. The second-order valence-electron chi connectivity index (χ2n) is 10.7. The lowest BCUT2D eigenvalue weighted by Gasteiger charge is -2.08. The van der Waals surface area contributed by atoms with Crippen molar-refractivity contribution in [3.8, 4) is 0 Å². The molecule has 0 saturated carbocycles. The van der Waals surface area contributed by atoms with E-state index in [9.17, 15) is 9.59 Å². The normalized spacial score (nSPS) is 11.6. The number of nitrogens with one attached hydrogen (secondary N) is 2. The van der Waals surface area contributed by atoms with Gasteiger partial charge in [0, 0.05) is 23.9 Å². The number of para-hydroxylation sites is 2. The van der Waals surface area contributed by atoms with Crippen molar-refractivity contribution in [3.05, 3.63) is 71.8 Å². The van der Waals surface area contributed by atoms with Gasteiger partial charge in [0.25, 0.3) is 0 Å². The number of fused-ring (bicyclic) bond motifs is 6. The Balaban J connectivity index is 0.865. The first-order valence-corrected chi connectivity index (χ1v) is 16.7. The molecule has 2 N–H and O–H groups in total. The molecule has 0 aliphatic carbocycles. The molecule has 6 rings (SSSR count). The van der Waals surface area contributed by atoms with Crippen LogP contribution in [0.15, 0.2) is 71.0 Å². The van der Waals surface area contributed by atoms with Gasteiger partial charge in [-0.2, -0.15) is 0 Å². The average Bonchev–Trinajstić information content (AvgIpc) is 3.64. The first kappa shape index (κ1) is 29.9. The van der Waals surface area contributed by atoms with E-state index in [2.05, 4.69) is 69.1 Å². The van der Waals surface area contributed by atoms with Gasteiger partial charge >= 0.3 is 0 Å². The van der Waals surface area contributed by atoms with Crippen LogP contribution in [-0.2, 0) is 9.59 Å². The van der Waals surface area contributed by atoms with Crippen molar-refractivity contribution in [2.24, 2.45) is 0 Å². The molecular formula is C32H34N8O2S2. The van der Waals surface area contributed by atoms with E-state index in [-0.39, 0.29) is 23.3 Å². The summed E-state index contributed by atoms with van der Waals surface area (Å²) in [7, 11) is 0. The lowest BCUT2D eigenvalue weighted by atomic mass is 10.1. The van der Waals surface area contributed by atoms with Crippen LogP contribution in [-0.4, -0.2) is 65.6 Å². The second kappa shape index (κ2) is 13.6. The Kier molecular flexibility index (Phi) is 9.27. The van der Waals surface area contributed by atoms with E-state index < -0.39 is 0 Å². The van der Waals surface area contributed by atoms with Gasteiger partial charge in [0.1, 0.15) is 0 Å². The summed E-state index contributed by atoms with van der Waals surface area (Å²) in [6, 6.07) is 20.4. The maximum atomic E-state index is 12.5. The van der Waals surface area contributed by atoms with Crippen LogP contribution in [0.1, 0.15) is 36.8 Å². The lowest BCUT2D eigenvalue weighted by molar-refractivity contribution is -0.119. The molecule has 12 heteroatoms. The minimum Gasteiger partial charge on any atom is -0.355 e. The fourth-order valence-corrected chi connectivity index (χ4v) is 6.92. The molecular weight excluding hydrogens is 593 g/mol. The van der Waals surface area contributed by atoms with Gasteiger partial charge in [0.2, 0.25) is 11.8 Å². The number of rotatable bonds is 13. The summed E-state index contributed by atoms with van der Waals surface area (Å²) in [5.41, 5.74) is 5.95. The van der Waals surface area contributed by atoms with Crippen LogP contribution >= 0.6 is 23.5 Å². The lowest BCUT2D eigenvalue weighted by Crippen LogP contribution is -2.27. The number of hydrogen-bond acceptors (Lipinski definition) is 8. The zero-order chi connectivity index (χ0) is 30.5. The number of aryl methyl sites for hydroxylation is 2. The minimum atomic E-state index is -0.0171. The van der Waals surface area contributed by atoms with Gasteiger partial charge < -0.3 is 10.6 Å². The van der Waals surface area contributed by atoms with Crippen LogP contribution in [0.3, 0.4) is 0 Å². The SMILES string of the molecule is Cc1cc2nnc(SCC(=O)NCCCCCCNC(=O)CSc3nnc4cc(C)c5ccccc5n34)n2c2ccccc12. The molecule has 0 aliphatic rings. The highest BCUT2D eigenvalue weighted by atomic mass is 32.2. The van der Waals surface area contributed by atoms with Crippen LogP contribution in [0.4, 0.5) is 0 Å². The standard InChI is InChI=1S/C32H34N8O2S2/c1-21-17-27-35-37-31(39(27)25-13-7-5-11-23(21)25)43-19-29(41)33-15-9-3-4-10-16-34-30(42)20-44-32-38-36-28-18-22(2)24-12-6-8-14-26(24)40(28)32/h5-8,11-14,17-18H,3-4,9-10,15-16,19-20H2,1-2H3,(H,33,41)(H,34,42). The third-order valence-corrected chi connectivity index (χ3v) is 9.42. The molecule has 226 valence electrons. The number of hydrogen-bond donors (Lipinski definition) is 2. The quantitative estimate of drug-likeness (QED) is 0.130. The molecule has 10 nitrogen and oxygen atoms in total. The van der Waals surface area contributed by atoms with Gasteiger partial charge in [-0.25, -0.2) is 0 Å². The van der Waals surface area contributed by atoms with E-state index >= 15 is 0 Å². The Morgan fingerprint density at radius 1 is 0.636 bits per heavy atom. The molecule has 0 aliphatic heterocycles. The zero-order valence-corrected chi connectivity index (χ0v) is 26.4. The molecule has 0 saturated heterocycles. The smallest absolute Gasteiger partial charge is 0.230 e. The van der Waals surface area contributed by atoms with Crippen molar-refractivity contribution in [1.82, 2.24) is 39.8 Å². The van der Waals surface area contributed by atoms with Crippen molar-refractivity contribution in [1.29, 1.82) is 0 Å². The predicted octanol–water partition coefficient (Wildman–Crippen LogP) is 5.37. The van der Waals surface area contributed by atoms with E-state index in [0.29, 0.717) is 23.4 Å².